The summed E-state index contributed by atoms with van der Waals surface area (Å²) in [5.74, 6) is 0.0365. The van der Waals surface area contributed by atoms with Crippen molar-refractivity contribution in [1.82, 2.24) is 14.9 Å². The van der Waals surface area contributed by atoms with Crippen LogP contribution in [0.5, 0.6) is 17.4 Å². The first-order valence-corrected chi connectivity index (χ1v) is 9.27. The van der Waals surface area contributed by atoms with Gasteiger partial charge in [-0.1, -0.05) is 0 Å². The number of halogens is 1. The number of nitrogens with zero attached hydrogens (tertiary/aromatic N) is 1. The number of nitrogens with one attached hydrogen (secondary N) is 2. The molecule has 1 aromatic heterocycles. The third kappa shape index (κ3) is 3.22. The Morgan fingerprint density at radius 3 is 2.43 bits per heavy atom. The van der Waals surface area contributed by atoms with Crippen LogP contribution in [0.25, 0.3) is 5.69 Å². The molecule has 0 saturated carbocycles. The van der Waals surface area contributed by atoms with Gasteiger partial charge in [0.05, 0.1) is 31.5 Å². The number of methoxy groups -OCH3 is 2. The molecule has 3 N–H and O–H groups in total. The molecule has 1 atom stereocenters. The lowest BCUT2D eigenvalue weighted by Gasteiger charge is -2.28. The van der Waals surface area contributed by atoms with Crippen molar-refractivity contribution < 1.29 is 19.0 Å². The van der Waals surface area contributed by atoms with Gasteiger partial charge in [0.25, 0.3) is 5.56 Å². The molecule has 0 saturated heterocycles. The van der Waals surface area contributed by atoms with Crippen LogP contribution in [0.1, 0.15) is 22.7 Å². The molecule has 0 fully saturated rings. The fourth-order valence-corrected chi connectivity index (χ4v) is 3.77. The molecular weight excluding hydrogens is 393 g/mol. The molecule has 30 heavy (non-hydrogen) atoms. The zero-order valence-corrected chi connectivity index (χ0v) is 16.4. The smallest absolute Gasteiger partial charge is 0.335 e. The Bertz CT molecular complexity index is 1220. The minimum absolute atomic E-state index is 0.0212. The number of aromatic nitrogens is 2. The number of rotatable bonds is 4. The maximum Gasteiger partial charge on any atom is 0.335 e. The third-order valence-electron chi connectivity index (χ3n) is 5.19. The maximum atomic E-state index is 13.3. The Morgan fingerprint density at radius 1 is 1.10 bits per heavy atom. The summed E-state index contributed by atoms with van der Waals surface area (Å²) in [6.45, 7) is 0.543. The van der Waals surface area contributed by atoms with E-state index in [-0.39, 0.29) is 11.3 Å². The lowest BCUT2D eigenvalue weighted by Crippen LogP contribution is -2.38. The van der Waals surface area contributed by atoms with Gasteiger partial charge >= 0.3 is 5.69 Å². The Labute approximate surface area is 170 Å². The van der Waals surface area contributed by atoms with Crippen LogP contribution in [0.3, 0.4) is 0 Å². The van der Waals surface area contributed by atoms with Gasteiger partial charge < -0.3 is 19.9 Å². The van der Waals surface area contributed by atoms with Crippen molar-refractivity contribution in [3.05, 3.63) is 79.7 Å². The summed E-state index contributed by atoms with van der Waals surface area (Å²) in [7, 11) is 3.05. The Hall–Kier alpha value is -3.59. The second kappa shape index (κ2) is 7.68. The topological polar surface area (TPSA) is 106 Å². The van der Waals surface area contributed by atoms with Gasteiger partial charge in [0, 0.05) is 6.54 Å². The number of benzene rings is 2. The van der Waals surface area contributed by atoms with Crippen molar-refractivity contribution in [2.45, 2.75) is 12.5 Å². The number of H-pyrrole nitrogens is 1. The average Bonchev–Trinajstić information content (AvgIpc) is 2.73. The van der Waals surface area contributed by atoms with E-state index in [0.717, 1.165) is 27.8 Å². The number of hydrogen-bond donors (Lipinski definition) is 3. The Morgan fingerprint density at radius 2 is 1.77 bits per heavy atom. The highest BCUT2D eigenvalue weighted by atomic mass is 19.1. The Balaban J connectivity index is 1.93. The summed E-state index contributed by atoms with van der Waals surface area (Å²) in [6.07, 6.45) is 0.683. The molecule has 156 valence electrons. The van der Waals surface area contributed by atoms with Crippen molar-refractivity contribution in [2.24, 2.45) is 0 Å². The van der Waals surface area contributed by atoms with E-state index in [1.807, 2.05) is 6.07 Å². The minimum Gasteiger partial charge on any atom is -0.494 e. The quantitative estimate of drug-likeness (QED) is 0.600. The highest BCUT2D eigenvalue weighted by molar-refractivity contribution is 5.53. The highest BCUT2D eigenvalue weighted by Gasteiger charge is 2.30. The summed E-state index contributed by atoms with van der Waals surface area (Å²) < 4.78 is 25.0. The standard InChI is InChI=1S/C21H20FN3O5/c1-29-15-9-11-7-8-23-18(14(11)10-16(15)30-2)17-19(26)24-21(28)25(20(17)27)13-5-3-12(22)4-6-13/h3-6,9-10,18,23,27H,7-8H2,1-2H3,(H,24,26,28)/t18-/m0/s1. The number of ether oxygens (including phenoxy) is 2. The molecule has 1 aliphatic rings. The van der Waals surface area contributed by atoms with Crippen LogP contribution >= 0.6 is 0 Å². The first-order valence-electron chi connectivity index (χ1n) is 9.27. The number of hydrogen-bond acceptors (Lipinski definition) is 6. The number of aromatic amines is 1. The molecule has 4 rings (SSSR count). The molecule has 0 bridgehead atoms. The molecule has 0 spiro atoms. The van der Waals surface area contributed by atoms with Gasteiger partial charge in [-0.3, -0.25) is 9.78 Å². The largest absolute Gasteiger partial charge is 0.494 e. The van der Waals surface area contributed by atoms with E-state index in [0.29, 0.717) is 24.5 Å². The SMILES string of the molecule is COc1cc2c(cc1OC)[C@@H](c1c(O)n(-c3ccc(F)cc3)c(=O)[nH]c1=O)NCC2. The molecule has 2 heterocycles. The molecule has 0 unspecified atom stereocenters. The van der Waals surface area contributed by atoms with Crippen LogP contribution in [0, 0.1) is 5.82 Å². The van der Waals surface area contributed by atoms with Crippen molar-refractivity contribution in [1.29, 1.82) is 0 Å². The number of fused-ring (bicyclic) bond motifs is 1. The molecule has 8 nitrogen and oxygen atoms in total. The predicted octanol–water partition coefficient (Wildman–Crippen LogP) is 1.62. The summed E-state index contributed by atoms with van der Waals surface area (Å²) in [5.41, 5.74) is 0.317. The van der Waals surface area contributed by atoms with Gasteiger partial charge in [-0.25, -0.2) is 13.8 Å². The second-order valence-corrected chi connectivity index (χ2v) is 6.85. The van der Waals surface area contributed by atoms with E-state index >= 15 is 0 Å². The van der Waals surface area contributed by atoms with Crippen LogP contribution in [0.2, 0.25) is 0 Å². The Kier molecular flexibility index (Phi) is 5.04. The molecule has 0 aliphatic carbocycles. The normalized spacial score (nSPS) is 15.5. The van der Waals surface area contributed by atoms with Crippen LogP contribution < -0.4 is 26.0 Å². The third-order valence-corrected chi connectivity index (χ3v) is 5.19. The molecule has 0 amide bonds. The molecule has 9 heteroatoms. The first kappa shape index (κ1) is 19.7. The summed E-state index contributed by atoms with van der Waals surface area (Å²) in [5, 5.41) is 14.1. The highest BCUT2D eigenvalue weighted by Crippen LogP contribution is 2.38. The van der Waals surface area contributed by atoms with E-state index in [2.05, 4.69) is 10.3 Å². The van der Waals surface area contributed by atoms with Crippen LogP contribution in [0.4, 0.5) is 4.39 Å². The van der Waals surface area contributed by atoms with Crippen LogP contribution in [-0.2, 0) is 6.42 Å². The second-order valence-electron chi connectivity index (χ2n) is 6.85. The molecule has 2 aromatic carbocycles. The van der Waals surface area contributed by atoms with E-state index in [4.69, 9.17) is 9.47 Å². The zero-order chi connectivity index (χ0) is 21.4. The van der Waals surface area contributed by atoms with E-state index in [9.17, 15) is 19.1 Å². The molecule has 1 aliphatic heterocycles. The lowest BCUT2D eigenvalue weighted by atomic mass is 9.90. The van der Waals surface area contributed by atoms with E-state index in [1.54, 1.807) is 6.07 Å². The summed E-state index contributed by atoms with van der Waals surface area (Å²) in [6, 6.07) is 7.91. The molecular formula is C21H20FN3O5. The van der Waals surface area contributed by atoms with E-state index < -0.39 is 29.0 Å². The lowest BCUT2D eigenvalue weighted by molar-refractivity contribution is 0.352. The van der Waals surface area contributed by atoms with Crippen molar-refractivity contribution in [2.75, 3.05) is 20.8 Å². The first-order chi connectivity index (χ1) is 14.4. The number of aromatic hydroxyl groups is 1. The fraction of sp³-hybridized carbons (Fsp3) is 0.238. The van der Waals surface area contributed by atoms with Gasteiger partial charge in [-0.2, -0.15) is 0 Å². The van der Waals surface area contributed by atoms with Crippen LogP contribution in [-0.4, -0.2) is 35.4 Å². The van der Waals surface area contributed by atoms with Crippen LogP contribution in [0.15, 0.2) is 46.0 Å². The van der Waals surface area contributed by atoms with E-state index in [1.165, 1.54) is 26.4 Å². The van der Waals surface area contributed by atoms with Gasteiger partial charge in [0.15, 0.2) is 11.5 Å². The van der Waals surface area contributed by atoms with Gasteiger partial charge in [0.1, 0.15) is 5.82 Å². The predicted molar refractivity (Wildman–Crippen MR) is 107 cm³/mol. The zero-order valence-electron chi connectivity index (χ0n) is 16.4. The monoisotopic (exact) mass is 413 g/mol. The maximum absolute atomic E-state index is 13.3. The van der Waals surface area contributed by atoms with Gasteiger partial charge in [-0.15, -0.1) is 0 Å². The average molecular weight is 413 g/mol. The van der Waals surface area contributed by atoms with Gasteiger partial charge in [-0.05, 0) is 53.9 Å². The minimum atomic E-state index is -0.823. The molecule has 0 radical (unpaired) electrons. The van der Waals surface area contributed by atoms with Crippen molar-refractivity contribution in [3.63, 3.8) is 0 Å². The summed E-state index contributed by atoms with van der Waals surface area (Å²) >= 11 is 0. The summed E-state index contributed by atoms with van der Waals surface area (Å²) in [4.78, 5) is 27.4. The van der Waals surface area contributed by atoms with Gasteiger partial charge in [0.2, 0.25) is 5.88 Å². The van der Waals surface area contributed by atoms with Crippen molar-refractivity contribution >= 4 is 0 Å². The molecule has 3 aromatic rings. The van der Waals surface area contributed by atoms with Crippen molar-refractivity contribution in [3.8, 4) is 23.1 Å². The fourth-order valence-electron chi connectivity index (χ4n) is 3.77.